The third-order valence-electron chi connectivity index (χ3n) is 4.81. The Labute approximate surface area is 139 Å². The lowest BCUT2D eigenvalue weighted by Gasteiger charge is -2.26. The molecule has 1 aliphatic carbocycles. The van der Waals surface area contributed by atoms with Crippen LogP contribution in [0.4, 0.5) is 8.78 Å². The fourth-order valence-corrected chi connectivity index (χ4v) is 3.61. The number of fused-ring (bicyclic) bond motifs is 1. The van der Waals surface area contributed by atoms with Crippen LogP contribution in [0.5, 0.6) is 0 Å². The Morgan fingerprint density at radius 1 is 0.958 bits per heavy atom. The molecule has 0 radical (unpaired) electrons. The monoisotopic (exact) mass is 324 g/mol. The lowest BCUT2D eigenvalue weighted by atomic mass is 9.78. The van der Waals surface area contributed by atoms with E-state index in [1.54, 1.807) is 12.1 Å². The molecule has 0 unspecified atom stereocenters. The lowest BCUT2D eigenvalue weighted by Crippen LogP contribution is -2.25. The van der Waals surface area contributed by atoms with E-state index in [-0.39, 0.29) is 17.7 Å². The summed E-state index contributed by atoms with van der Waals surface area (Å²) in [5, 5.41) is 4.56. The highest BCUT2D eigenvalue weighted by Crippen LogP contribution is 2.39. The molecule has 1 saturated carbocycles. The normalized spacial score (nSPS) is 24.4. The topological polar surface area (TPSA) is 24.4 Å². The number of hydrazone groups is 1. The van der Waals surface area contributed by atoms with E-state index < -0.39 is 0 Å². The zero-order chi connectivity index (χ0) is 16.5. The molecule has 1 fully saturated rings. The van der Waals surface area contributed by atoms with E-state index in [0.29, 0.717) is 5.92 Å². The van der Waals surface area contributed by atoms with Gasteiger partial charge in [-0.1, -0.05) is 24.3 Å². The summed E-state index contributed by atoms with van der Waals surface area (Å²) in [6.07, 6.45) is 5.23. The highest BCUT2D eigenvalue weighted by molar-refractivity contribution is 6.07. The molecule has 0 spiro atoms. The molecule has 0 aromatic heterocycles. The molecular formula is C20H18F2N2. The molecule has 2 atom stereocenters. The van der Waals surface area contributed by atoms with Crippen molar-refractivity contribution in [3.05, 3.63) is 76.9 Å². The van der Waals surface area contributed by atoms with Crippen LogP contribution in [-0.4, -0.2) is 5.71 Å². The van der Waals surface area contributed by atoms with Crippen LogP contribution in [0.25, 0.3) is 6.08 Å². The second-order valence-electron chi connectivity index (χ2n) is 6.38. The summed E-state index contributed by atoms with van der Waals surface area (Å²) in [6.45, 7) is 0. The molecule has 122 valence electrons. The zero-order valence-corrected chi connectivity index (χ0v) is 13.2. The van der Waals surface area contributed by atoms with Crippen LogP contribution in [0.1, 0.15) is 36.4 Å². The van der Waals surface area contributed by atoms with Crippen LogP contribution in [-0.2, 0) is 0 Å². The van der Waals surface area contributed by atoms with Crippen molar-refractivity contribution in [2.24, 2.45) is 11.0 Å². The molecule has 0 saturated heterocycles. The van der Waals surface area contributed by atoms with E-state index in [1.807, 2.05) is 12.1 Å². The predicted molar refractivity (Wildman–Crippen MR) is 91.4 cm³/mol. The van der Waals surface area contributed by atoms with Gasteiger partial charge in [0, 0.05) is 5.92 Å². The average molecular weight is 324 g/mol. The van der Waals surface area contributed by atoms with Gasteiger partial charge in [0.05, 0.1) is 11.8 Å². The first-order chi connectivity index (χ1) is 11.7. The molecule has 2 nitrogen and oxygen atoms in total. The standard InChI is InChI=1S/C20H18F2N2/c21-16-8-4-13(5-9-16)12-15-2-1-3-18-19(23-24-20(15)18)14-6-10-17(22)11-7-14/h4-12,18-19,23H,1-3H2/b15-12+/t18-,19-/m0/s1. The van der Waals surface area contributed by atoms with Crippen molar-refractivity contribution in [3.63, 3.8) is 0 Å². The maximum Gasteiger partial charge on any atom is 0.123 e. The van der Waals surface area contributed by atoms with Gasteiger partial charge in [-0.3, -0.25) is 0 Å². The van der Waals surface area contributed by atoms with E-state index in [2.05, 4.69) is 16.6 Å². The Kier molecular flexibility index (Phi) is 3.89. The van der Waals surface area contributed by atoms with Crippen molar-refractivity contribution < 1.29 is 8.78 Å². The smallest absolute Gasteiger partial charge is 0.123 e. The highest BCUT2D eigenvalue weighted by atomic mass is 19.1. The van der Waals surface area contributed by atoms with Gasteiger partial charge in [-0.25, -0.2) is 8.78 Å². The maximum absolute atomic E-state index is 13.2. The number of nitrogens with one attached hydrogen (secondary N) is 1. The molecule has 2 aromatic carbocycles. The van der Waals surface area contributed by atoms with Crippen molar-refractivity contribution in [1.82, 2.24) is 5.43 Å². The molecule has 1 heterocycles. The van der Waals surface area contributed by atoms with Gasteiger partial charge in [0.15, 0.2) is 0 Å². The van der Waals surface area contributed by atoms with Gasteiger partial charge in [0.1, 0.15) is 11.6 Å². The van der Waals surface area contributed by atoms with Gasteiger partial charge in [0.25, 0.3) is 0 Å². The fraction of sp³-hybridized carbons (Fsp3) is 0.250. The largest absolute Gasteiger partial charge is 0.302 e. The van der Waals surface area contributed by atoms with Crippen LogP contribution >= 0.6 is 0 Å². The van der Waals surface area contributed by atoms with Crippen LogP contribution in [0.3, 0.4) is 0 Å². The molecule has 4 rings (SSSR count). The summed E-state index contributed by atoms with van der Waals surface area (Å²) in [5.41, 5.74) is 7.56. The maximum atomic E-state index is 13.2. The van der Waals surface area contributed by atoms with Gasteiger partial charge in [-0.15, -0.1) is 0 Å². The molecule has 4 heteroatoms. The van der Waals surface area contributed by atoms with Crippen LogP contribution in [0, 0.1) is 17.6 Å². The fourth-order valence-electron chi connectivity index (χ4n) is 3.61. The Hall–Kier alpha value is -2.49. The third-order valence-corrected chi connectivity index (χ3v) is 4.81. The van der Waals surface area contributed by atoms with Crippen LogP contribution in [0.15, 0.2) is 59.2 Å². The van der Waals surface area contributed by atoms with E-state index in [0.717, 1.165) is 36.1 Å². The minimum absolute atomic E-state index is 0.0949. The summed E-state index contributed by atoms with van der Waals surface area (Å²) < 4.78 is 26.2. The molecule has 24 heavy (non-hydrogen) atoms. The van der Waals surface area contributed by atoms with Gasteiger partial charge in [-0.2, -0.15) is 5.10 Å². The minimum Gasteiger partial charge on any atom is -0.302 e. The SMILES string of the molecule is Fc1ccc(/C=C2\CCC[C@@H]3C2=NN[C@H]3c2ccc(F)cc2)cc1. The number of allylic oxidation sites excluding steroid dienone is 1. The Bertz CT molecular complexity index is 791. The molecule has 1 aliphatic heterocycles. The minimum atomic E-state index is -0.227. The lowest BCUT2D eigenvalue weighted by molar-refractivity contribution is 0.450. The molecule has 0 amide bonds. The second-order valence-corrected chi connectivity index (χ2v) is 6.38. The first kappa shape index (κ1) is 15.1. The van der Waals surface area contributed by atoms with Gasteiger partial charge in [0.2, 0.25) is 0 Å². The number of rotatable bonds is 2. The second kappa shape index (κ2) is 6.19. The number of nitrogens with zero attached hydrogens (tertiary/aromatic N) is 1. The quantitative estimate of drug-likeness (QED) is 0.839. The number of halogens is 2. The Balaban J connectivity index is 1.60. The Morgan fingerprint density at radius 2 is 1.62 bits per heavy atom. The first-order valence-corrected chi connectivity index (χ1v) is 8.26. The van der Waals surface area contributed by atoms with Crippen molar-refractivity contribution in [3.8, 4) is 0 Å². The van der Waals surface area contributed by atoms with E-state index >= 15 is 0 Å². The first-order valence-electron chi connectivity index (χ1n) is 8.26. The molecular weight excluding hydrogens is 306 g/mol. The summed E-state index contributed by atoms with van der Waals surface area (Å²) in [7, 11) is 0. The van der Waals surface area contributed by atoms with Crippen molar-refractivity contribution in [2.75, 3.05) is 0 Å². The van der Waals surface area contributed by atoms with Crippen molar-refractivity contribution >= 4 is 11.8 Å². The molecule has 1 N–H and O–H groups in total. The van der Waals surface area contributed by atoms with Crippen LogP contribution < -0.4 is 5.43 Å². The van der Waals surface area contributed by atoms with Gasteiger partial charge in [-0.05, 0) is 66.3 Å². The van der Waals surface area contributed by atoms with E-state index in [4.69, 9.17) is 0 Å². The number of benzene rings is 2. The van der Waals surface area contributed by atoms with E-state index in [9.17, 15) is 8.78 Å². The summed E-state index contributed by atoms with van der Waals surface area (Å²) in [4.78, 5) is 0. The predicted octanol–water partition coefficient (Wildman–Crippen LogP) is 4.85. The number of hydrogen-bond donors (Lipinski definition) is 1. The average Bonchev–Trinajstić information content (AvgIpc) is 3.03. The highest BCUT2D eigenvalue weighted by Gasteiger charge is 2.36. The Morgan fingerprint density at radius 3 is 2.33 bits per heavy atom. The third kappa shape index (κ3) is 2.84. The van der Waals surface area contributed by atoms with E-state index in [1.165, 1.54) is 29.8 Å². The van der Waals surface area contributed by atoms with Crippen molar-refractivity contribution in [1.29, 1.82) is 0 Å². The van der Waals surface area contributed by atoms with Gasteiger partial charge >= 0.3 is 0 Å². The van der Waals surface area contributed by atoms with Gasteiger partial charge < -0.3 is 5.43 Å². The van der Waals surface area contributed by atoms with Crippen molar-refractivity contribution in [2.45, 2.75) is 25.3 Å². The summed E-state index contributed by atoms with van der Waals surface area (Å²) in [6, 6.07) is 13.2. The molecule has 2 aliphatic rings. The van der Waals surface area contributed by atoms with Crippen LogP contribution in [0.2, 0.25) is 0 Å². The molecule has 0 bridgehead atoms. The summed E-state index contributed by atoms with van der Waals surface area (Å²) in [5.74, 6) is -0.149. The zero-order valence-electron chi connectivity index (χ0n) is 13.2. The summed E-state index contributed by atoms with van der Waals surface area (Å²) >= 11 is 0. The molecule has 2 aromatic rings. The number of hydrogen-bond acceptors (Lipinski definition) is 2.